The third-order valence-electron chi connectivity index (χ3n) is 3.83. The van der Waals surface area contributed by atoms with Gasteiger partial charge in [0, 0.05) is 25.5 Å². The third kappa shape index (κ3) is 5.32. The van der Waals surface area contributed by atoms with Crippen LogP contribution in [-0.2, 0) is 21.4 Å². The summed E-state index contributed by atoms with van der Waals surface area (Å²) < 4.78 is 27.4. The number of aryl methyl sites for hydroxylation is 2. The lowest BCUT2D eigenvalue weighted by atomic mass is 10.2. The normalized spacial score (nSPS) is 12.6. The number of aromatic nitrogens is 2. The van der Waals surface area contributed by atoms with E-state index in [0.717, 1.165) is 29.1 Å². The van der Waals surface area contributed by atoms with Crippen LogP contribution in [0.15, 0.2) is 43.0 Å². The molecule has 136 valence electrons. The quantitative estimate of drug-likeness (QED) is 0.720. The number of benzene rings is 1. The van der Waals surface area contributed by atoms with Crippen molar-refractivity contribution in [1.82, 2.24) is 14.9 Å². The van der Waals surface area contributed by atoms with Crippen LogP contribution in [0.5, 0.6) is 0 Å². The number of sulfonamides is 1. The lowest BCUT2D eigenvalue weighted by Crippen LogP contribution is -2.48. The van der Waals surface area contributed by atoms with E-state index >= 15 is 0 Å². The van der Waals surface area contributed by atoms with Crippen LogP contribution in [0.1, 0.15) is 18.9 Å². The first-order valence-corrected chi connectivity index (χ1v) is 9.93. The molecule has 0 aliphatic heterocycles. The van der Waals surface area contributed by atoms with Crippen molar-refractivity contribution in [2.75, 3.05) is 17.1 Å². The number of hydrogen-bond acceptors (Lipinski definition) is 4. The molecule has 0 unspecified atom stereocenters. The molecule has 25 heavy (non-hydrogen) atoms. The van der Waals surface area contributed by atoms with Crippen LogP contribution in [0, 0.1) is 6.92 Å². The number of carbonyl (C=O) groups is 1. The Balaban J connectivity index is 1.99. The predicted octanol–water partition coefficient (Wildman–Crippen LogP) is 1.55. The summed E-state index contributed by atoms with van der Waals surface area (Å²) in [5.74, 6) is -0.323. The standard InChI is InChI=1S/C17H24N4O3S/c1-14-5-7-16(8-6-14)21(25(3,23)24)15(2)17(22)19-9-4-11-20-12-10-18-13-20/h5-8,10,12-13,15H,4,9,11H2,1-3H3,(H,19,22)/t15-/m0/s1. The molecule has 7 nitrogen and oxygen atoms in total. The molecule has 1 aromatic heterocycles. The van der Waals surface area contributed by atoms with E-state index in [1.807, 2.05) is 29.8 Å². The Morgan fingerprint density at radius 3 is 2.56 bits per heavy atom. The molecule has 1 aromatic carbocycles. The van der Waals surface area contributed by atoms with Crippen molar-refractivity contribution in [2.45, 2.75) is 32.9 Å². The highest BCUT2D eigenvalue weighted by atomic mass is 32.2. The second kappa shape index (κ2) is 8.15. The molecule has 0 radical (unpaired) electrons. The molecule has 1 heterocycles. The summed E-state index contributed by atoms with van der Waals surface area (Å²) in [6.45, 7) is 4.71. The van der Waals surface area contributed by atoms with Gasteiger partial charge in [-0.05, 0) is 32.4 Å². The van der Waals surface area contributed by atoms with Gasteiger partial charge in [-0.3, -0.25) is 9.10 Å². The van der Waals surface area contributed by atoms with Crippen LogP contribution < -0.4 is 9.62 Å². The number of amides is 1. The van der Waals surface area contributed by atoms with Crippen LogP contribution in [0.4, 0.5) is 5.69 Å². The molecule has 1 atom stereocenters. The van der Waals surface area contributed by atoms with Crippen molar-refractivity contribution in [1.29, 1.82) is 0 Å². The third-order valence-corrected chi connectivity index (χ3v) is 5.07. The highest BCUT2D eigenvalue weighted by molar-refractivity contribution is 7.92. The van der Waals surface area contributed by atoms with Gasteiger partial charge < -0.3 is 9.88 Å². The smallest absolute Gasteiger partial charge is 0.243 e. The Kier molecular flexibility index (Phi) is 6.19. The number of imidazole rings is 1. The van der Waals surface area contributed by atoms with Gasteiger partial charge in [0.1, 0.15) is 6.04 Å². The molecule has 0 bridgehead atoms. The molecule has 2 rings (SSSR count). The summed E-state index contributed by atoms with van der Waals surface area (Å²) in [5.41, 5.74) is 1.50. The molecular formula is C17H24N4O3S. The lowest BCUT2D eigenvalue weighted by molar-refractivity contribution is -0.121. The molecule has 0 aliphatic carbocycles. The van der Waals surface area contributed by atoms with E-state index < -0.39 is 16.1 Å². The first kappa shape index (κ1) is 19.0. The van der Waals surface area contributed by atoms with Gasteiger partial charge in [0.05, 0.1) is 18.3 Å². The minimum Gasteiger partial charge on any atom is -0.354 e. The van der Waals surface area contributed by atoms with Gasteiger partial charge in [0.15, 0.2) is 0 Å². The summed E-state index contributed by atoms with van der Waals surface area (Å²) in [6.07, 6.45) is 7.11. The maximum absolute atomic E-state index is 12.4. The molecule has 0 saturated heterocycles. The van der Waals surface area contributed by atoms with Crippen molar-refractivity contribution in [3.8, 4) is 0 Å². The van der Waals surface area contributed by atoms with Crippen molar-refractivity contribution in [3.63, 3.8) is 0 Å². The van der Waals surface area contributed by atoms with Gasteiger partial charge in [0.2, 0.25) is 15.9 Å². The van der Waals surface area contributed by atoms with E-state index in [1.165, 1.54) is 0 Å². The average molecular weight is 364 g/mol. The van der Waals surface area contributed by atoms with Crippen molar-refractivity contribution in [3.05, 3.63) is 48.5 Å². The Hall–Kier alpha value is -2.35. The highest BCUT2D eigenvalue weighted by Gasteiger charge is 2.28. The zero-order valence-electron chi connectivity index (χ0n) is 14.7. The van der Waals surface area contributed by atoms with Gasteiger partial charge in [-0.2, -0.15) is 0 Å². The van der Waals surface area contributed by atoms with Crippen LogP contribution in [0.3, 0.4) is 0 Å². The zero-order chi connectivity index (χ0) is 18.4. The molecule has 0 spiro atoms. The van der Waals surface area contributed by atoms with Crippen LogP contribution >= 0.6 is 0 Å². The van der Waals surface area contributed by atoms with Crippen molar-refractivity contribution in [2.24, 2.45) is 0 Å². The number of carbonyl (C=O) groups excluding carboxylic acids is 1. The maximum Gasteiger partial charge on any atom is 0.243 e. The molecule has 0 aliphatic rings. The van der Waals surface area contributed by atoms with E-state index in [4.69, 9.17) is 0 Å². The highest BCUT2D eigenvalue weighted by Crippen LogP contribution is 2.21. The number of hydrogen-bond donors (Lipinski definition) is 1. The van der Waals surface area contributed by atoms with Crippen molar-refractivity contribution < 1.29 is 13.2 Å². The average Bonchev–Trinajstić information content (AvgIpc) is 3.05. The Morgan fingerprint density at radius 1 is 1.32 bits per heavy atom. The number of nitrogens with one attached hydrogen (secondary N) is 1. The van der Waals surface area contributed by atoms with Crippen LogP contribution in [0.2, 0.25) is 0 Å². The molecular weight excluding hydrogens is 340 g/mol. The van der Waals surface area contributed by atoms with Crippen LogP contribution in [0.25, 0.3) is 0 Å². The predicted molar refractivity (Wildman–Crippen MR) is 97.8 cm³/mol. The molecule has 2 aromatic rings. The van der Waals surface area contributed by atoms with E-state index in [-0.39, 0.29) is 5.91 Å². The van der Waals surface area contributed by atoms with Gasteiger partial charge in [-0.15, -0.1) is 0 Å². The fourth-order valence-corrected chi connectivity index (χ4v) is 3.72. The van der Waals surface area contributed by atoms with E-state index in [0.29, 0.717) is 12.2 Å². The monoisotopic (exact) mass is 364 g/mol. The molecule has 1 amide bonds. The largest absolute Gasteiger partial charge is 0.354 e. The van der Waals surface area contributed by atoms with E-state index in [2.05, 4.69) is 10.3 Å². The van der Waals surface area contributed by atoms with Gasteiger partial charge in [-0.25, -0.2) is 13.4 Å². The summed E-state index contributed by atoms with van der Waals surface area (Å²) >= 11 is 0. The summed E-state index contributed by atoms with van der Waals surface area (Å²) in [5, 5.41) is 2.80. The zero-order valence-corrected chi connectivity index (χ0v) is 15.5. The fourth-order valence-electron chi connectivity index (χ4n) is 2.54. The fraction of sp³-hybridized carbons (Fsp3) is 0.412. The first-order valence-electron chi connectivity index (χ1n) is 8.08. The first-order chi connectivity index (χ1) is 11.8. The molecule has 8 heteroatoms. The second-order valence-corrected chi connectivity index (χ2v) is 7.87. The Morgan fingerprint density at radius 2 is 2.00 bits per heavy atom. The Labute approximate surface area is 148 Å². The van der Waals surface area contributed by atoms with Gasteiger partial charge >= 0.3 is 0 Å². The Bertz CT molecular complexity index is 786. The summed E-state index contributed by atoms with van der Waals surface area (Å²) in [4.78, 5) is 16.4. The van der Waals surface area contributed by atoms with Gasteiger partial charge in [-0.1, -0.05) is 17.7 Å². The van der Waals surface area contributed by atoms with Gasteiger partial charge in [0.25, 0.3) is 0 Å². The minimum absolute atomic E-state index is 0.323. The van der Waals surface area contributed by atoms with E-state index in [1.54, 1.807) is 31.6 Å². The van der Waals surface area contributed by atoms with E-state index in [9.17, 15) is 13.2 Å². The lowest BCUT2D eigenvalue weighted by Gasteiger charge is -2.28. The topological polar surface area (TPSA) is 84.3 Å². The van der Waals surface area contributed by atoms with Crippen LogP contribution in [-0.4, -0.2) is 42.7 Å². The number of nitrogens with zero attached hydrogens (tertiary/aromatic N) is 3. The minimum atomic E-state index is -3.58. The second-order valence-electron chi connectivity index (χ2n) is 6.02. The summed E-state index contributed by atoms with van der Waals surface area (Å²) in [6, 6.07) is 6.23. The maximum atomic E-state index is 12.4. The molecule has 0 fully saturated rings. The molecule has 1 N–H and O–H groups in total. The summed E-state index contributed by atoms with van der Waals surface area (Å²) in [7, 11) is -3.58. The van der Waals surface area contributed by atoms with Crippen molar-refractivity contribution >= 4 is 21.6 Å². The SMILES string of the molecule is Cc1ccc(N([C@@H](C)C(=O)NCCCn2ccnc2)S(C)(=O)=O)cc1. The number of anilines is 1. The number of rotatable bonds is 8. The molecule has 0 saturated carbocycles.